The Balaban J connectivity index is 1.29. The van der Waals surface area contributed by atoms with Crippen molar-refractivity contribution in [2.24, 2.45) is 11.8 Å². The SMILES string of the molecule is CCCC[C@@H]1[C@H]2CCCN3CCC[C@@H](CN1CC(=O)Nc1cccc(-c4ccccc4)c1)[C@@H]23. The maximum absolute atomic E-state index is 13.2. The second-order valence-corrected chi connectivity index (χ2v) is 10.4. The smallest absolute Gasteiger partial charge is 0.238 e. The fourth-order valence-corrected chi connectivity index (χ4v) is 6.87. The molecule has 1 N–H and O–H groups in total. The number of hydrogen-bond acceptors (Lipinski definition) is 3. The molecule has 33 heavy (non-hydrogen) atoms. The number of carbonyl (C=O) groups excluding carboxylic acids is 1. The molecule has 0 aliphatic carbocycles. The van der Waals surface area contributed by atoms with Crippen molar-refractivity contribution in [2.75, 3.05) is 31.5 Å². The fourth-order valence-electron chi connectivity index (χ4n) is 6.87. The third-order valence-electron chi connectivity index (χ3n) is 8.23. The van der Waals surface area contributed by atoms with E-state index in [1.54, 1.807) is 0 Å². The molecule has 0 unspecified atom stereocenters. The molecule has 176 valence electrons. The van der Waals surface area contributed by atoms with Gasteiger partial charge in [0.05, 0.1) is 6.54 Å². The molecule has 2 aromatic rings. The highest BCUT2D eigenvalue weighted by Crippen LogP contribution is 2.43. The number of piperidine rings is 3. The van der Waals surface area contributed by atoms with Gasteiger partial charge < -0.3 is 5.32 Å². The molecule has 3 saturated heterocycles. The highest BCUT2D eigenvalue weighted by atomic mass is 16.2. The summed E-state index contributed by atoms with van der Waals surface area (Å²) in [5, 5.41) is 3.21. The van der Waals surface area contributed by atoms with Gasteiger partial charge in [0.2, 0.25) is 5.91 Å². The minimum atomic E-state index is 0.128. The van der Waals surface area contributed by atoms with E-state index in [1.165, 1.54) is 63.6 Å². The standard InChI is InChI=1S/C29H39N3O/c1-2-3-16-27-26-15-9-18-31-17-8-13-24(29(26)31)20-32(27)21-28(33)30-25-14-7-12-23(19-25)22-10-5-4-6-11-22/h4-7,10-12,14,19,24,26-27,29H,2-3,8-9,13,15-18,20-21H2,1H3,(H,30,33)/t24-,26+,27+,29-/m0/s1. The first-order valence-corrected chi connectivity index (χ1v) is 13.2. The number of rotatable bonds is 7. The van der Waals surface area contributed by atoms with E-state index in [4.69, 9.17) is 0 Å². The predicted molar refractivity (Wildman–Crippen MR) is 136 cm³/mol. The molecule has 0 aromatic heterocycles. The first-order chi connectivity index (χ1) is 16.2. The van der Waals surface area contributed by atoms with Gasteiger partial charge in [-0.2, -0.15) is 0 Å². The van der Waals surface area contributed by atoms with Crippen LogP contribution in [0.25, 0.3) is 11.1 Å². The molecule has 3 heterocycles. The lowest BCUT2D eigenvalue weighted by molar-refractivity contribution is -0.123. The Kier molecular flexibility index (Phi) is 7.13. The summed E-state index contributed by atoms with van der Waals surface area (Å²) in [6, 6.07) is 19.9. The van der Waals surface area contributed by atoms with Gasteiger partial charge in [0.15, 0.2) is 0 Å². The molecule has 3 aliphatic rings. The monoisotopic (exact) mass is 445 g/mol. The highest BCUT2D eigenvalue weighted by Gasteiger charge is 2.48. The Morgan fingerprint density at radius 3 is 2.61 bits per heavy atom. The Hall–Kier alpha value is -2.17. The van der Waals surface area contributed by atoms with Crippen LogP contribution in [0.3, 0.4) is 0 Å². The Morgan fingerprint density at radius 1 is 1.00 bits per heavy atom. The van der Waals surface area contributed by atoms with Crippen LogP contribution in [0.15, 0.2) is 54.6 Å². The van der Waals surface area contributed by atoms with Gasteiger partial charge in [-0.25, -0.2) is 0 Å². The molecular weight excluding hydrogens is 406 g/mol. The van der Waals surface area contributed by atoms with Crippen molar-refractivity contribution in [3.05, 3.63) is 54.6 Å². The molecule has 0 spiro atoms. The zero-order valence-electron chi connectivity index (χ0n) is 20.1. The molecule has 1 amide bonds. The van der Waals surface area contributed by atoms with Crippen molar-refractivity contribution in [3.8, 4) is 11.1 Å². The summed E-state index contributed by atoms with van der Waals surface area (Å²) in [5.74, 6) is 1.60. The lowest BCUT2D eigenvalue weighted by Gasteiger charge is -2.57. The van der Waals surface area contributed by atoms with Crippen LogP contribution in [0.2, 0.25) is 0 Å². The van der Waals surface area contributed by atoms with Crippen molar-refractivity contribution in [1.82, 2.24) is 9.80 Å². The molecule has 5 rings (SSSR count). The normalized spacial score (nSPS) is 27.7. The molecule has 3 fully saturated rings. The molecule has 3 aliphatic heterocycles. The maximum Gasteiger partial charge on any atom is 0.238 e. The van der Waals surface area contributed by atoms with E-state index >= 15 is 0 Å². The molecule has 0 radical (unpaired) electrons. The number of unbranched alkanes of at least 4 members (excludes halogenated alkanes) is 1. The topological polar surface area (TPSA) is 35.6 Å². The van der Waals surface area contributed by atoms with Gasteiger partial charge >= 0.3 is 0 Å². The molecular formula is C29H39N3O. The van der Waals surface area contributed by atoms with Gasteiger partial charge in [-0.05, 0) is 80.3 Å². The Bertz CT molecular complexity index is 927. The number of amides is 1. The molecule has 4 heteroatoms. The number of nitrogens with zero attached hydrogens (tertiary/aromatic N) is 2. The van der Waals surface area contributed by atoms with Crippen LogP contribution >= 0.6 is 0 Å². The molecule has 0 saturated carbocycles. The van der Waals surface area contributed by atoms with Crippen molar-refractivity contribution < 1.29 is 4.79 Å². The summed E-state index contributed by atoms with van der Waals surface area (Å²) in [4.78, 5) is 18.6. The van der Waals surface area contributed by atoms with Crippen LogP contribution in [-0.4, -0.2) is 54.0 Å². The lowest BCUT2D eigenvalue weighted by atomic mass is 9.69. The zero-order chi connectivity index (χ0) is 22.6. The number of carbonyl (C=O) groups is 1. The number of anilines is 1. The van der Waals surface area contributed by atoms with E-state index in [9.17, 15) is 4.79 Å². The van der Waals surface area contributed by atoms with Crippen molar-refractivity contribution in [2.45, 2.75) is 64.0 Å². The molecule has 2 aromatic carbocycles. The van der Waals surface area contributed by atoms with Crippen LogP contribution in [0.4, 0.5) is 5.69 Å². The predicted octanol–water partition coefficient (Wildman–Crippen LogP) is 5.66. The molecule has 4 atom stereocenters. The molecule has 4 nitrogen and oxygen atoms in total. The lowest BCUT2D eigenvalue weighted by Crippen LogP contribution is -2.65. The summed E-state index contributed by atoms with van der Waals surface area (Å²) in [5.41, 5.74) is 3.21. The van der Waals surface area contributed by atoms with Gasteiger partial charge in [-0.1, -0.05) is 62.2 Å². The van der Waals surface area contributed by atoms with Crippen molar-refractivity contribution >= 4 is 11.6 Å². The largest absolute Gasteiger partial charge is 0.325 e. The maximum atomic E-state index is 13.2. The third-order valence-corrected chi connectivity index (χ3v) is 8.23. The zero-order valence-corrected chi connectivity index (χ0v) is 20.1. The fraction of sp³-hybridized carbons (Fsp3) is 0.552. The minimum Gasteiger partial charge on any atom is -0.325 e. The van der Waals surface area contributed by atoms with Crippen LogP contribution in [0, 0.1) is 11.8 Å². The quantitative estimate of drug-likeness (QED) is 0.598. The summed E-state index contributed by atoms with van der Waals surface area (Å²) < 4.78 is 0. The number of nitrogens with one attached hydrogen (secondary N) is 1. The van der Waals surface area contributed by atoms with Crippen molar-refractivity contribution in [3.63, 3.8) is 0 Å². The summed E-state index contributed by atoms with van der Waals surface area (Å²) in [6.45, 7) is 6.47. The summed E-state index contributed by atoms with van der Waals surface area (Å²) >= 11 is 0. The first-order valence-electron chi connectivity index (χ1n) is 13.2. The van der Waals surface area contributed by atoms with E-state index < -0.39 is 0 Å². The van der Waals surface area contributed by atoms with Gasteiger partial charge in [0, 0.05) is 24.3 Å². The van der Waals surface area contributed by atoms with Gasteiger partial charge in [-0.3, -0.25) is 14.6 Å². The minimum absolute atomic E-state index is 0.128. The van der Waals surface area contributed by atoms with Crippen LogP contribution in [0.1, 0.15) is 51.9 Å². The van der Waals surface area contributed by atoms with E-state index in [1.807, 2.05) is 18.2 Å². The number of hydrogen-bond donors (Lipinski definition) is 1. The van der Waals surface area contributed by atoms with E-state index in [0.29, 0.717) is 12.6 Å². The van der Waals surface area contributed by atoms with Crippen LogP contribution in [-0.2, 0) is 4.79 Å². The number of likely N-dealkylation sites (tertiary alicyclic amines) is 1. The highest BCUT2D eigenvalue weighted by molar-refractivity contribution is 5.93. The van der Waals surface area contributed by atoms with Crippen LogP contribution in [0.5, 0.6) is 0 Å². The average molecular weight is 446 g/mol. The van der Waals surface area contributed by atoms with E-state index in [0.717, 1.165) is 35.7 Å². The van der Waals surface area contributed by atoms with Gasteiger partial charge in [-0.15, -0.1) is 0 Å². The second kappa shape index (κ2) is 10.4. The van der Waals surface area contributed by atoms with E-state index in [-0.39, 0.29) is 5.91 Å². The van der Waals surface area contributed by atoms with Crippen molar-refractivity contribution in [1.29, 1.82) is 0 Å². The average Bonchev–Trinajstić information content (AvgIpc) is 2.85. The first kappa shape index (κ1) is 22.6. The third kappa shape index (κ3) is 5.02. The van der Waals surface area contributed by atoms with Crippen LogP contribution < -0.4 is 5.32 Å². The van der Waals surface area contributed by atoms with Gasteiger partial charge in [0.25, 0.3) is 0 Å². The summed E-state index contributed by atoms with van der Waals surface area (Å²) in [6.07, 6.45) is 9.03. The Labute approximate surface area is 199 Å². The second-order valence-electron chi connectivity index (χ2n) is 10.4. The van der Waals surface area contributed by atoms with E-state index in [2.05, 4.69) is 58.4 Å². The number of benzene rings is 2. The summed E-state index contributed by atoms with van der Waals surface area (Å²) in [7, 11) is 0. The Morgan fingerprint density at radius 2 is 1.79 bits per heavy atom. The molecule has 0 bridgehead atoms. The van der Waals surface area contributed by atoms with Gasteiger partial charge in [0.1, 0.15) is 0 Å².